The summed E-state index contributed by atoms with van der Waals surface area (Å²) in [5.74, 6) is 1.04. The van der Waals surface area contributed by atoms with Gasteiger partial charge in [0, 0.05) is 11.0 Å². The summed E-state index contributed by atoms with van der Waals surface area (Å²) in [4.78, 5) is 14.5. The Balaban J connectivity index is 1.67. The van der Waals surface area contributed by atoms with Crippen molar-refractivity contribution >= 4 is 39.2 Å². The highest BCUT2D eigenvalue weighted by Gasteiger charge is 2.12. The van der Waals surface area contributed by atoms with Gasteiger partial charge in [0.25, 0.3) is 0 Å². The molecule has 1 heterocycles. The molecule has 0 spiro atoms. The number of hydrogen-bond acceptors (Lipinski definition) is 5. The van der Waals surface area contributed by atoms with Crippen LogP contribution in [0.2, 0.25) is 0 Å². The number of hydrogen-bond donors (Lipinski definition) is 3. The highest BCUT2D eigenvalue weighted by atomic mass is 79.9. The number of nitrogens with zero attached hydrogens (tertiary/aromatic N) is 1. The number of thiocarbonyl (C=S) groups is 1. The number of hydrazine groups is 1. The van der Waals surface area contributed by atoms with Crippen LogP contribution in [-0.4, -0.2) is 42.1 Å². The average molecular weight is 483 g/mol. The summed E-state index contributed by atoms with van der Waals surface area (Å²) >= 11 is 8.54. The van der Waals surface area contributed by atoms with Crippen LogP contribution in [0.25, 0.3) is 0 Å². The Hall–Kier alpha value is -2.10. The minimum absolute atomic E-state index is 0.177. The lowest BCUT2D eigenvalue weighted by Gasteiger charge is -2.18. The Morgan fingerprint density at radius 2 is 1.86 bits per heavy atom. The molecular formula is C20H27BrN4O3S. The van der Waals surface area contributed by atoms with E-state index in [1.165, 1.54) is 0 Å². The zero-order valence-electron chi connectivity index (χ0n) is 16.7. The predicted octanol–water partition coefficient (Wildman–Crippen LogP) is 3.46. The number of amides is 1. The third kappa shape index (κ3) is 8.43. The van der Waals surface area contributed by atoms with Crippen LogP contribution < -0.4 is 20.9 Å². The third-order valence-corrected chi connectivity index (χ3v) is 4.98. The monoisotopic (exact) mass is 482 g/mol. The lowest BCUT2D eigenvalue weighted by atomic mass is 10.3. The van der Waals surface area contributed by atoms with Crippen LogP contribution in [-0.2, 0) is 6.61 Å². The molecule has 29 heavy (non-hydrogen) atoms. The van der Waals surface area contributed by atoms with Gasteiger partial charge in [0.1, 0.15) is 18.1 Å². The summed E-state index contributed by atoms with van der Waals surface area (Å²) < 4.78 is 12.1. The normalized spacial score (nSPS) is 10.6. The van der Waals surface area contributed by atoms with Crippen molar-refractivity contribution in [1.82, 2.24) is 21.1 Å². The van der Waals surface area contributed by atoms with Crippen molar-refractivity contribution in [2.24, 2.45) is 0 Å². The number of furan rings is 1. The minimum atomic E-state index is -0.410. The molecule has 0 radical (unpaired) electrons. The molecule has 0 bridgehead atoms. The highest BCUT2D eigenvalue weighted by Crippen LogP contribution is 2.18. The van der Waals surface area contributed by atoms with Crippen LogP contribution >= 0.6 is 28.1 Å². The molecule has 0 saturated heterocycles. The summed E-state index contributed by atoms with van der Waals surface area (Å²) in [7, 11) is 0. The van der Waals surface area contributed by atoms with Gasteiger partial charge in [0.15, 0.2) is 10.9 Å². The average Bonchev–Trinajstić information content (AvgIpc) is 3.21. The van der Waals surface area contributed by atoms with E-state index >= 15 is 0 Å². The van der Waals surface area contributed by atoms with Gasteiger partial charge in [0.2, 0.25) is 0 Å². The molecule has 0 aliphatic heterocycles. The van der Waals surface area contributed by atoms with Gasteiger partial charge < -0.3 is 19.4 Å². The van der Waals surface area contributed by atoms with Gasteiger partial charge in [-0.1, -0.05) is 29.8 Å². The van der Waals surface area contributed by atoms with Crippen molar-refractivity contribution in [3.05, 3.63) is 52.4 Å². The minimum Gasteiger partial charge on any atom is -0.486 e. The van der Waals surface area contributed by atoms with Crippen molar-refractivity contribution in [2.45, 2.75) is 26.9 Å². The fourth-order valence-corrected chi connectivity index (χ4v) is 2.94. The third-order valence-electron chi connectivity index (χ3n) is 4.20. The van der Waals surface area contributed by atoms with Crippen molar-refractivity contribution in [2.75, 3.05) is 26.2 Å². The molecule has 0 atom stereocenters. The second-order valence-corrected chi connectivity index (χ2v) is 7.55. The standard InChI is InChI=1S/C20H27BrN4O3S/c1-3-25(4-2)13-5-12-22-20(29)24-23-19(26)18-11-10-17(28-18)14-27-16-8-6-15(21)7-9-16/h6-11H,3-5,12-14H2,1-2H3,(H,23,26)(H2,22,24,29). The Morgan fingerprint density at radius 1 is 1.14 bits per heavy atom. The molecule has 2 aromatic rings. The lowest BCUT2D eigenvalue weighted by Crippen LogP contribution is -2.47. The fourth-order valence-electron chi connectivity index (χ4n) is 2.53. The summed E-state index contributed by atoms with van der Waals surface area (Å²) in [6.07, 6.45) is 0.970. The molecule has 0 saturated carbocycles. The maximum absolute atomic E-state index is 12.2. The van der Waals surface area contributed by atoms with Gasteiger partial charge in [-0.05, 0) is 74.7 Å². The maximum atomic E-state index is 12.2. The molecule has 0 aliphatic rings. The topological polar surface area (TPSA) is 78.8 Å². The number of carbonyl (C=O) groups excluding carboxylic acids is 1. The van der Waals surface area contributed by atoms with Gasteiger partial charge in [-0.3, -0.25) is 15.6 Å². The molecular weight excluding hydrogens is 456 g/mol. The maximum Gasteiger partial charge on any atom is 0.305 e. The largest absolute Gasteiger partial charge is 0.486 e. The first kappa shape index (κ1) is 23.2. The predicted molar refractivity (Wildman–Crippen MR) is 121 cm³/mol. The van der Waals surface area contributed by atoms with Crippen LogP contribution in [0.15, 0.2) is 45.3 Å². The van der Waals surface area contributed by atoms with E-state index in [1.54, 1.807) is 12.1 Å². The van der Waals surface area contributed by atoms with E-state index in [9.17, 15) is 4.79 Å². The second-order valence-electron chi connectivity index (χ2n) is 6.22. The second kappa shape index (κ2) is 12.5. The molecule has 0 fully saturated rings. The van der Waals surface area contributed by atoms with Crippen molar-refractivity contribution in [3.8, 4) is 5.75 Å². The van der Waals surface area contributed by atoms with Crippen LogP contribution in [0.3, 0.4) is 0 Å². The lowest BCUT2D eigenvalue weighted by molar-refractivity contribution is 0.0911. The molecule has 0 aliphatic carbocycles. The molecule has 1 amide bonds. The summed E-state index contributed by atoms with van der Waals surface area (Å²) in [5.41, 5.74) is 5.20. The first-order valence-corrected chi connectivity index (χ1v) is 10.8. The van der Waals surface area contributed by atoms with Gasteiger partial charge in [0.05, 0.1) is 0 Å². The number of nitrogens with one attached hydrogen (secondary N) is 3. The molecule has 1 aromatic carbocycles. The van der Waals surface area contributed by atoms with Crippen molar-refractivity contribution < 1.29 is 13.9 Å². The summed E-state index contributed by atoms with van der Waals surface area (Å²) in [6, 6.07) is 10.8. The first-order valence-electron chi connectivity index (χ1n) is 9.55. The van der Waals surface area contributed by atoms with Crippen LogP contribution in [0.1, 0.15) is 36.6 Å². The SMILES string of the molecule is CCN(CC)CCCNC(=S)NNC(=O)c1ccc(COc2ccc(Br)cc2)o1. The Bertz CT molecular complexity index is 778. The van der Waals surface area contributed by atoms with E-state index in [0.717, 1.165) is 42.8 Å². The number of rotatable bonds is 10. The van der Waals surface area contributed by atoms with E-state index < -0.39 is 5.91 Å². The number of ether oxygens (including phenoxy) is 1. The molecule has 158 valence electrons. The molecule has 2 rings (SSSR count). The molecule has 0 unspecified atom stereocenters. The number of halogens is 1. The van der Waals surface area contributed by atoms with E-state index in [4.69, 9.17) is 21.4 Å². The smallest absolute Gasteiger partial charge is 0.305 e. The van der Waals surface area contributed by atoms with Crippen LogP contribution in [0, 0.1) is 0 Å². The Morgan fingerprint density at radius 3 is 2.55 bits per heavy atom. The highest BCUT2D eigenvalue weighted by molar-refractivity contribution is 9.10. The van der Waals surface area contributed by atoms with Gasteiger partial charge in [-0.2, -0.15) is 0 Å². The van der Waals surface area contributed by atoms with Crippen LogP contribution in [0.5, 0.6) is 5.75 Å². The van der Waals surface area contributed by atoms with E-state index in [2.05, 4.69) is 50.8 Å². The van der Waals surface area contributed by atoms with Gasteiger partial charge in [-0.15, -0.1) is 0 Å². The van der Waals surface area contributed by atoms with Gasteiger partial charge >= 0.3 is 5.91 Å². The number of benzene rings is 1. The van der Waals surface area contributed by atoms with E-state index in [-0.39, 0.29) is 12.4 Å². The molecule has 7 nitrogen and oxygen atoms in total. The molecule has 9 heteroatoms. The molecule has 1 aromatic heterocycles. The summed E-state index contributed by atoms with van der Waals surface area (Å²) in [5, 5.41) is 3.43. The van der Waals surface area contributed by atoms with Gasteiger partial charge in [-0.25, -0.2) is 0 Å². The van der Waals surface area contributed by atoms with Crippen molar-refractivity contribution in [3.63, 3.8) is 0 Å². The fraction of sp³-hybridized carbons (Fsp3) is 0.400. The zero-order valence-corrected chi connectivity index (χ0v) is 19.1. The van der Waals surface area contributed by atoms with E-state index in [1.807, 2.05) is 24.3 Å². The number of carbonyl (C=O) groups is 1. The van der Waals surface area contributed by atoms with Crippen LogP contribution in [0.4, 0.5) is 0 Å². The first-order chi connectivity index (χ1) is 14.0. The summed E-state index contributed by atoms with van der Waals surface area (Å²) in [6.45, 7) is 8.33. The Kier molecular flexibility index (Phi) is 9.96. The van der Waals surface area contributed by atoms with Crippen molar-refractivity contribution in [1.29, 1.82) is 0 Å². The Labute approximate surface area is 185 Å². The zero-order chi connectivity index (χ0) is 21.1. The van der Waals surface area contributed by atoms with E-state index in [0.29, 0.717) is 10.9 Å². The molecule has 3 N–H and O–H groups in total. The quantitative estimate of drug-likeness (QED) is 0.271.